The number of hydrogen-bond donors (Lipinski definition) is 1. The van der Waals surface area contributed by atoms with Crippen LogP contribution in [-0.2, 0) is 0 Å². The molecule has 1 N–H and O–H groups in total. The maximum atomic E-state index is 12.7. The van der Waals surface area contributed by atoms with Crippen LogP contribution in [0, 0.1) is 0 Å². The third-order valence-electron chi connectivity index (χ3n) is 3.91. The number of amides is 1. The number of thiophene rings is 1. The summed E-state index contributed by atoms with van der Waals surface area (Å²) < 4.78 is 0. The highest BCUT2D eigenvalue weighted by molar-refractivity contribution is 7.08. The Bertz CT molecular complexity index is 1020. The van der Waals surface area contributed by atoms with Crippen molar-refractivity contribution in [2.75, 3.05) is 10.2 Å². The molecule has 4 aromatic rings. The predicted molar refractivity (Wildman–Crippen MR) is 109 cm³/mol. The summed E-state index contributed by atoms with van der Waals surface area (Å²) in [5.41, 5.74) is 3.09. The van der Waals surface area contributed by atoms with Crippen LogP contribution in [0.4, 0.5) is 23.0 Å². The van der Waals surface area contributed by atoms with Crippen molar-refractivity contribution in [3.63, 3.8) is 0 Å². The van der Waals surface area contributed by atoms with Gasteiger partial charge < -0.3 is 5.32 Å². The molecule has 5 nitrogen and oxygen atoms in total. The largest absolute Gasteiger partial charge is 0.322 e. The summed E-state index contributed by atoms with van der Waals surface area (Å²) in [6.07, 6.45) is 3.40. The molecule has 0 bridgehead atoms. The molecule has 0 aliphatic rings. The summed E-state index contributed by atoms with van der Waals surface area (Å²) in [5.74, 6) is 0.388. The fraction of sp³-hybridized carbons (Fsp3) is 0. The van der Waals surface area contributed by atoms with E-state index in [1.54, 1.807) is 35.9 Å². The van der Waals surface area contributed by atoms with Gasteiger partial charge in [0.15, 0.2) is 0 Å². The summed E-state index contributed by atoms with van der Waals surface area (Å²) in [4.78, 5) is 23.3. The molecular weight excluding hydrogens is 356 g/mol. The molecule has 0 atom stereocenters. The minimum Gasteiger partial charge on any atom is -0.322 e. The van der Waals surface area contributed by atoms with Gasteiger partial charge in [0.25, 0.3) is 5.91 Å². The monoisotopic (exact) mass is 372 g/mol. The molecule has 4 rings (SSSR count). The summed E-state index contributed by atoms with van der Waals surface area (Å²) in [6, 6.07) is 20.6. The lowest BCUT2D eigenvalue weighted by molar-refractivity contribution is 0.102. The van der Waals surface area contributed by atoms with Crippen molar-refractivity contribution in [3.05, 3.63) is 95.4 Å². The molecule has 2 heterocycles. The molecule has 6 heteroatoms. The van der Waals surface area contributed by atoms with E-state index < -0.39 is 0 Å². The Morgan fingerprint density at radius 2 is 1.70 bits per heavy atom. The number of hydrogen-bond acceptors (Lipinski definition) is 5. The van der Waals surface area contributed by atoms with Gasteiger partial charge in [0.1, 0.15) is 0 Å². The molecule has 0 saturated carbocycles. The lowest BCUT2D eigenvalue weighted by Crippen LogP contribution is -2.15. The van der Waals surface area contributed by atoms with Crippen molar-refractivity contribution in [2.24, 2.45) is 0 Å². The first-order valence-electron chi connectivity index (χ1n) is 8.37. The van der Waals surface area contributed by atoms with Gasteiger partial charge in [0.05, 0.1) is 5.69 Å². The second-order valence-corrected chi connectivity index (χ2v) is 6.52. The lowest BCUT2D eigenvalue weighted by Gasteiger charge is -2.21. The van der Waals surface area contributed by atoms with Crippen LogP contribution in [0.2, 0.25) is 0 Å². The van der Waals surface area contributed by atoms with E-state index in [1.165, 1.54) is 0 Å². The van der Waals surface area contributed by atoms with Crippen molar-refractivity contribution in [1.82, 2.24) is 9.97 Å². The van der Waals surface area contributed by atoms with E-state index in [9.17, 15) is 4.79 Å². The van der Waals surface area contributed by atoms with E-state index >= 15 is 0 Å². The average Bonchev–Trinajstić information content (AvgIpc) is 3.24. The fourth-order valence-electron chi connectivity index (χ4n) is 2.68. The fourth-order valence-corrected chi connectivity index (χ4v) is 3.30. The molecule has 1 amide bonds. The van der Waals surface area contributed by atoms with Crippen molar-refractivity contribution in [2.45, 2.75) is 0 Å². The highest BCUT2D eigenvalue weighted by Crippen LogP contribution is 2.33. The Labute approximate surface area is 161 Å². The third-order valence-corrected chi connectivity index (χ3v) is 4.59. The summed E-state index contributed by atoms with van der Waals surface area (Å²) in [5, 5.41) is 6.93. The van der Waals surface area contributed by atoms with Gasteiger partial charge in [-0.05, 0) is 47.8 Å². The lowest BCUT2D eigenvalue weighted by atomic mass is 10.1. The summed E-state index contributed by atoms with van der Waals surface area (Å²) in [6.45, 7) is 0. The van der Waals surface area contributed by atoms with Crippen molar-refractivity contribution in [3.8, 4) is 0 Å². The molecule has 27 heavy (non-hydrogen) atoms. The van der Waals surface area contributed by atoms with Crippen molar-refractivity contribution < 1.29 is 4.79 Å². The maximum absolute atomic E-state index is 12.7. The first-order valence-corrected chi connectivity index (χ1v) is 9.31. The van der Waals surface area contributed by atoms with Gasteiger partial charge in [0, 0.05) is 34.7 Å². The van der Waals surface area contributed by atoms with Crippen LogP contribution in [0.15, 0.2) is 89.9 Å². The van der Waals surface area contributed by atoms with E-state index in [1.807, 2.05) is 70.3 Å². The zero-order chi connectivity index (χ0) is 18.5. The SMILES string of the molecule is O=C(Nc1ccccc1)c1cccc(N(c2ccsc2)c2ncccn2)c1. The summed E-state index contributed by atoms with van der Waals surface area (Å²) in [7, 11) is 0. The number of anilines is 4. The second-order valence-electron chi connectivity index (χ2n) is 5.74. The topological polar surface area (TPSA) is 58.1 Å². The van der Waals surface area contributed by atoms with Crippen LogP contribution in [0.25, 0.3) is 0 Å². The van der Waals surface area contributed by atoms with Gasteiger partial charge in [-0.3, -0.25) is 9.69 Å². The zero-order valence-corrected chi connectivity index (χ0v) is 15.1. The number of carbonyl (C=O) groups is 1. The number of rotatable bonds is 5. The van der Waals surface area contributed by atoms with Gasteiger partial charge >= 0.3 is 0 Å². The third kappa shape index (κ3) is 3.86. The van der Waals surface area contributed by atoms with Crippen molar-refractivity contribution in [1.29, 1.82) is 0 Å². The Balaban J connectivity index is 1.68. The van der Waals surface area contributed by atoms with Crippen LogP contribution in [0.1, 0.15) is 10.4 Å². The Kier molecular flexibility index (Phi) is 4.89. The molecule has 132 valence electrons. The first-order chi connectivity index (χ1) is 13.3. The Morgan fingerprint density at radius 1 is 0.889 bits per heavy atom. The molecule has 0 unspecified atom stereocenters. The Morgan fingerprint density at radius 3 is 2.44 bits per heavy atom. The first kappa shape index (κ1) is 16.9. The van der Waals surface area contributed by atoms with E-state index in [-0.39, 0.29) is 5.91 Å². The molecule has 0 radical (unpaired) electrons. The number of aromatic nitrogens is 2. The molecule has 0 fully saturated rings. The van der Waals surface area contributed by atoms with Crippen LogP contribution in [0.5, 0.6) is 0 Å². The minimum atomic E-state index is -0.165. The van der Waals surface area contributed by atoms with Crippen molar-refractivity contribution >= 4 is 40.3 Å². The van der Waals surface area contributed by atoms with E-state index in [2.05, 4.69) is 15.3 Å². The summed E-state index contributed by atoms with van der Waals surface area (Å²) >= 11 is 1.59. The number of benzene rings is 2. The molecular formula is C21H16N4OS. The molecule has 2 aromatic carbocycles. The number of carbonyl (C=O) groups excluding carboxylic acids is 1. The quantitative estimate of drug-likeness (QED) is 0.519. The Hall–Kier alpha value is -3.51. The highest BCUT2D eigenvalue weighted by atomic mass is 32.1. The highest BCUT2D eigenvalue weighted by Gasteiger charge is 2.16. The van der Waals surface area contributed by atoms with E-state index in [4.69, 9.17) is 0 Å². The van der Waals surface area contributed by atoms with Gasteiger partial charge in [-0.25, -0.2) is 9.97 Å². The molecule has 0 spiro atoms. The van der Waals surface area contributed by atoms with Gasteiger partial charge in [-0.2, -0.15) is 11.3 Å². The molecule has 0 aliphatic carbocycles. The molecule has 2 aromatic heterocycles. The van der Waals surface area contributed by atoms with E-state index in [0.717, 1.165) is 17.1 Å². The number of para-hydroxylation sites is 1. The molecule has 0 aliphatic heterocycles. The second kappa shape index (κ2) is 7.80. The van der Waals surface area contributed by atoms with Gasteiger partial charge in [-0.15, -0.1) is 0 Å². The van der Waals surface area contributed by atoms with Gasteiger partial charge in [0.2, 0.25) is 5.95 Å². The predicted octanol–water partition coefficient (Wildman–Crippen LogP) is 5.26. The standard InChI is InChI=1S/C21H16N4OS/c26-20(24-17-7-2-1-3-8-17)16-6-4-9-18(14-16)25(19-10-13-27-15-19)21-22-11-5-12-23-21/h1-15H,(H,24,26). The maximum Gasteiger partial charge on any atom is 0.255 e. The average molecular weight is 372 g/mol. The normalized spacial score (nSPS) is 10.4. The number of nitrogens with one attached hydrogen (secondary N) is 1. The van der Waals surface area contributed by atoms with Crippen LogP contribution < -0.4 is 10.2 Å². The molecule has 0 saturated heterocycles. The smallest absolute Gasteiger partial charge is 0.255 e. The van der Waals surface area contributed by atoms with Crippen LogP contribution >= 0.6 is 11.3 Å². The van der Waals surface area contributed by atoms with Crippen LogP contribution in [0.3, 0.4) is 0 Å². The zero-order valence-electron chi connectivity index (χ0n) is 14.3. The van der Waals surface area contributed by atoms with Crippen LogP contribution in [-0.4, -0.2) is 15.9 Å². The minimum absolute atomic E-state index is 0.165. The van der Waals surface area contributed by atoms with E-state index in [0.29, 0.717) is 11.5 Å². The van der Waals surface area contributed by atoms with Gasteiger partial charge in [-0.1, -0.05) is 24.3 Å². The number of nitrogens with zero attached hydrogens (tertiary/aromatic N) is 3.